The van der Waals surface area contributed by atoms with E-state index >= 15 is 0 Å². The van der Waals surface area contributed by atoms with Crippen LogP contribution >= 0.6 is 12.4 Å². The molecule has 2 aliphatic heterocycles. The van der Waals surface area contributed by atoms with Gasteiger partial charge >= 0.3 is 0 Å². The molecule has 6 nitrogen and oxygen atoms in total. The van der Waals surface area contributed by atoms with E-state index in [-0.39, 0.29) is 24.2 Å². The molecule has 1 aromatic rings. The fourth-order valence-electron chi connectivity index (χ4n) is 3.73. The van der Waals surface area contributed by atoms with Gasteiger partial charge in [-0.1, -0.05) is 6.07 Å². The summed E-state index contributed by atoms with van der Waals surface area (Å²) in [6, 6.07) is 5.72. The first-order chi connectivity index (χ1) is 12.6. The zero-order chi connectivity index (χ0) is 18.6. The van der Waals surface area contributed by atoms with Gasteiger partial charge in [-0.2, -0.15) is 0 Å². The van der Waals surface area contributed by atoms with E-state index < -0.39 is 11.2 Å². The molecule has 0 spiro atoms. The van der Waals surface area contributed by atoms with Gasteiger partial charge in [0, 0.05) is 51.5 Å². The van der Waals surface area contributed by atoms with Gasteiger partial charge in [-0.3, -0.25) is 9.59 Å². The van der Waals surface area contributed by atoms with Crippen molar-refractivity contribution in [3.05, 3.63) is 35.6 Å². The number of hydrogen-bond acceptors (Lipinski definition) is 4. The first-order valence-electron chi connectivity index (χ1n) is 9.18. The van der Waals surface area contributed by atoms with Crippen molar-refractivity contribution in [2.24, 2.45) is 11.1 Å². The van der Waals surface area contributed by atoms with Crippen LogP contribution in [-0.2, 0) is 9.53 Å². The van der Waals surface area contributed by atoms with Crippen LogP contribution in [0.4, 0.5) is 4.39 Å². The molecule has 2 amide bonds. The average molecular weight is 400 g/mol. The minimum atomic E-state index is -0.542. The average Bonchev–Trinajstić information content (AvgIpc) is 2.93. The SMILES string of the molecule is Cl.NCC1(C(=O)N2CCCN(C(=O)c3cccc(F)c3)CC2)CCOCC1. The third kappa shape index (κ3) is 4.78. The number of nitrogens with zero attached hydrogens (tertiary/aromatic N) is 2. The van der Waals surface area contributed by atoms with E-state index in [9.17, 15) is 14.0 Å². The maximum absolute atomic E-state index is 13.4. The summed E-state index contributed by atoms with van der Waals surface area (Å²) in [5.74, 6) is -0.548. The van der Waals surface area contributed by atoms with E-state index in [1.54, 1.807) is 11.0 Å². The highest BCUT2D eigenvalue weighted by molar-refractivity contribution is 5.94. The minimum absolute atomic E-state index is 0. The molecular formula is C19H27ClFN3O3. The Morgan fingerprint density at radius 3 is 2.44 bits per heavy atom. The van der Waals surface area contributed by atoms with E-state index in [1.165, 1.54) is 18.2 Å². The normalized spacial score (nSPS) is 19.8. The van der Waals surface area contributed by atoms with Gasteiger partial charge < -0.3 is 20.3 Å². The maximum Gasteiger partial charge on any atom is 0.254 e. The summed E-state index contributed by atoms with van der Waals surface area (Å²) in [6.45, 7) is 3.51. The Morgan fingerprint density at radius 2 is 1.78 bits per heavy atom. The predicted octanol–water partition coefficient (Wildman–Crippen LogP) is 1.68. The molecule has 0 bridgehead atoms. The van der Waals surface area contributed by atoms with Crippen molar-refractivity contribution < 1.29 is 18.7 Å². The topological polar surface area (TPSA) is 75.9 Å². The molecule has 0 saturated carbocycles. The van der Waals surface area contributed by atoms with E-state index in [1.807, 2.05) is 4.90 Å². The van der Waals surface area contributed by atoms with Crippen molar-refractivity contribution in [2.75, 3.05) is 45.9 Å². The molecule has 2 saturated heterocycles. The van der Waals surface area contributed by atoms with Gasteiger partial charge in [0.05, 0.1) is 5.41 Å². The second kappa shape index (κ2) is 9.48. The molecule has 1 aromatic carbocycles. The standard InChI is InChI=1S/C19H26FN3O3.ClH/c20-16-4-1-3-15(13-16)17(24)22-7-2-8-23(10-9-22)18(25)19(14-21)5-11-26-12-6-19;/h1,3-4,13H,2,5-12,14,21H2;1H. The van der Waals surface area contributed by atoms with Gasteiger partial charge in [0.1, 0.15) is 5.82 Å². The molecule has 0 atom stereocenters. The molecule has 150 valence electrons. The Hall–Kier alpha value is -1.70. The third-order valence-corrected chi connectivity index (χ3v) is 5.44. The number of nitrogens with two attached hydrogens (primary N) is 1. The lowest BCUT2D eigenvalue weighted by Crippen LogP contribution is -2.51. The summed E-state index contributed by atoms with van der Waals surface area (Å²) < 4.78 is 18.8. The monoisotopic (exact) mass is 399 g/mol. The molecule has 0 aliphatic carbocycles. The lowest BCUT2D eigenvalue weighted by atomic mass is 9.79. The number of carbonyl (C=O) groups excluding carboxylic acids is 2. The van der Waals surface area contributed by atoms with Crippen molar-refractivity contribution in [1.82, 2.24) is 9.80 Å². The summed E-state index contributed by atoms with van der Waals surface area (Å²) in [6.07, 6.45) is 1.99. The summed E-state index contributed by atoms with van der Waals surface area (Å²) in [5, 5.41) is 0. The molecule has 0 radical (unpaired) electrons. The van der Waals surface area contributed by atoms with Gasteiger partial charge in [-0.25, -0.2) is 4.39 Å². The van der Waals surface area contributed by atoms with Gasteiger partial charge in [-0.15, -0.1) is 12.4 Å². The molecule has 2 fully saturated rings. The molecule has 2 heterocycles. The van der Waals surface area contributed by atoms with Crippen LogP contribution in [0.5, 0.6) is 0 Å². The fourth-order valence-corrected chi connectivity index (χ4v) is 3.73. The molecule has 0 aromatic heterocycles. The van der Waals surface area contributed by atoms with Gasteiger partial charge in [0.15, 0.2) is 0 Å². The number of benzene rings is 1. The lowest BCUT2D eigenvalue weighted by molar-refractivity contribution is -0.147. The van der Waals surface area contributed by atoms with Crippen molar-refractivity contribution in [3.8, 4) is 0 Å². The fraction of sp³-hybridized carbons (Fsp3) is 0.579. The number of halogens is 2. The van der Waals surface area contributed by atoms with Crippen LogP contribution < -0.4 is 5.73 Å². The Labute approximate surface area is 165 Å². The molecule has 2 aliphatic rings. The zero-order valence-electron chi connectivity index (χ0n) is 15.4. The number of hydrogen-bond donors (Lipinski definition) is 1. The lowest BCUT2D eigenvalue weighted by Gasteiger charge is -2.38. The summed E-state index contributed by atoms with van der Waals surface area (Å²) >= 11 is 0. The molecular weight excluding hydrogens is 373 g/mol. The van der Waals surface area contributed by atoms with Crippen LogP contribution in [0.15, 0.2) is 24.3 Å². The largest absolute Gasteiger partial charge is 0.381 e. The highest BCUT2D eigenvalue weighted by Gasteiger charge is 2.41. The van der Waals surface area contributed by atoms with Crippen LogP contribution in [0.25, 0.3) is 0 Å². The maximum atomic E-state index is 13.4. The van der Waals surface area contributed by atoms with Gasteiger partial charge in [-0.05, 0) is 37.5 Å². The minimum Gasteiger partial charge on any atom is -0.381 e. The Morgan fingerprint density at radius 1 is 1.11 bits per heavy atom. The molecule has 2 N–H and O–H groups in total. The van der Waals surface area contributed by atoms with Crippen molar-refractivity contribution in [3.63, 3.8) is 0 Å². The summed E-state index contributed by atoms with van der Waals surface area (Å²) in [5.41, 5.74) is 5.75. The first kappa shape index (κ1) is 21.6. The molecule has 3 rings (SSSR count). The predicted molar refractivity (Wildman–Crippen MR) is 102 cm³/mol. The van der Waals surface area contributed by atoms with Crippen molar-refractivity contribution in [2.45, 2.75) is 19.3 Å². The second-order valence-electron chi connectivity index (χ2n) is 7.05. The first-order valence-corrected chi connectivity index (χ1v) is 9.18. The van der Waals surface area contributed by atoms with Crippen molar-refractivity contribution in [1.29, 1.82) is 0 Å². The Balaban J connectivity index is 0.00000261. The van der Waals surface area contributed by atoms with Crippen LogP contribution in [-0.4, -0.2) is 67.6 Å². The quantitative estimate of drug-likeness (QED) is 0.839. The number of ether oxygens (including phenoxy) is 1. The number of rotatable bonds is 3. The van der Waals surface area contributed by atoms with Gasteiger partial charge in [0.2, 0.25) is 5.91 Å². The van der Waals surface area contributed by atoms with Crippen LogP contribution in [0.1, 0.15) is 29.6 Å². The Kier molecular flexibility index (Phi) is 7.59. The highest BCUT2D eigenvalue weighted by Crippen LogP contribution is 2.32. The highest BCUT2D eigenvalue weighted by atomic mass is 35.5. The molecule has 8 heteroatoms. The van der Waals surface area contributed by atoms with Crippen LogP contribution in [0.3, 0.4) is 0 Å². The smallest absolute Gasteiger partial charge is 0.254 e. The molecule has 27 heavy (non-hydrogen) atoms. The van der Waals surface area contributed by atoms with E-state index in [4.69, 9.17) is 10.5 Å². The van der Waals surface area contributed by atoms with E-state index in [0.717, 1.165) is 0 Å². The van der Waals surface area contributed by atoms with E-state index in [2.05, 4.69) is 0 Å². The zero-order valence-corrected chi connectivity index (χ0v) is 16.2. The molecule has 0 unspecified atom stereocenters. The third-order valence-electron chi connectivity index (χ3n) is 5.44. The summed E-state index contributed by atoms with van der Waals surface area (Å²) in [7, 11) is 0. The second-order valence-corrected chi connectivity index (χ2v) is 7.05. The van der Waals surface area contributed by atoms with Crippen LogP contribution in [0.2, 0.25) is 0 Å². The van der Waals surface area contributed by atoms with E-state index in [0.29, 0.717) is 70.8 Å². The van der Waals surface area contributed by atoms with Crippen LogP contribution in [0, 0.1) is 11.2 Å². The number of carbonyl (C=O) groups is 2. The number of amides is 2. The Bertz CT molecular complexity index is 667. The summed E-state index contributed by atoms with van der Waals surface area (Å²) in [4.78, 5) is 29.2. The van der Waals surface area contributed by atoms with Crippen molar-refractivity contribution >= 4 is 24.2 Å². The van der Waals surface area contributed by atoms with Gasteiger partial charge in [0.25, 0.3) is 5.91 Å².